The number of benzene rings is 1. The minimum absolute atomic E-state index is 0.00556. The lowest BCUT2D eigenvalue weighted by molar-refractivity contribution is 0.406. The van der Waals surface area contributed by atoms with Crippen LogP contribution in [0.2, 0.25) is 0 Å². The van der Waals surface area contributed by atoms with Crippen molar-refractivity contribution in [1.82, 2.24) is 0 Å². The molecule has 0 aliphatic rings. The molecule has 0 bridgehead atoms. The molecule has 0 fully saturated rings. The molecule has 0 aliphatic heterocycles. The van der Waals surface area contributed by atoms with E-state index >= 15 is 0 Å². The molecule has 0 saturated carbocycles. The van der Waals surface area contributed by atoms with Crippen LogP contribution in [0, 0.1) is 12.7 Å². The Morgan fingerprint density at radius 3 is 2.64 bits per heavy atom. The van der Waals surface area contributed by atoms with E-state index in [1.807, 2.05) is 6.92 Å². The zero-order valence-electron chi connectivity index (χ0n) is 8.80. The second-order valence-electron chi connectivity index (χ2n) is 3.59. The van der Waals surface area contributed by atoms with Crippen molar-refractivity contribution in [3.05, 3.63) is 29.1 Å². The molecule has 1 unspecified atom stereocenters. The summed E-state index contributed by atoms with van der Waals surface area (Å²) < 4.78 is 18.4. The van der Waals surface area contributed by atoms with Crippen LogP contribution in [0.5, 0.6) is 5.75 Å². The summed E-state index contributed by atoms with van der Waals surface area (Å²) >= 11 is 0. The summed E-state index contributed by atoms with van der Waals surface area (Å²) in [5.74, 6) is 0.502. The molecule has 3 heteroatoms. The van der Waals surface area contributed by atoms with Crippen LogP contribution < -0.4 is 10.5 Å². The van der Waals surface area contributed by atoms with E-state index in [1.54, 1.807) is 20.1 Å². The molecule has 0 aliphatic carbocycles. The zero-order valence-corrected chi connectivity index (χ0v) is 8.80. The first-order valence-corrected chi connectivity index (χ1v) is 4.63. The number of aryl methyl sites for hydroxylation is 1. The normalized spacial score (nSPS) is 12.6. The van der Waals surface area contributed by atoms with Crippen LogP contribution in [-0.2, 0) is 6.42 Å². The largest absolute Gasteiger partial charge is 0.496 e. The molecule has 1 aromatic carbocycles. The van der Waals surface area contributed by atoms with Gasteiger partial charge in [-0.05, 0) is 43.5 Å². The van der Waals surface area contributed by atoms with E-state index in [-0.39, 0.29) is 11.9 Å². The summed E-state index contributed by atoms with van der Waals surface area (Å²) in [6, 6.07) is 3.20. The maximum absolute atomic E-state index is 13.2. The third kappa shape index (κ3) is 2.45. The van der Waals surface area contributed by atoms with Crippen LogP contribution in [0.25, 0.3) is 0 Å². The first-order chi connectivity index (χ1) is 6.54. The maximum atomic E-state index is 13.2. The Labute approximate surface area is 83.9 Å². The average molecular weight is 197 g/mol. The van der Waals surface area contributed by atoms with Crippen molar-refractivity contribution < 1.29 is 9.13 Å². The minimum Gasteiger partial charge on any atom is -0.496 e. The van der Waals surface area contributed by atoms with Crippen molar-refractivity contribution in [2.45, 2.75) is 26.3 Å². The number of ether oxygens (including phenoxy) is 1. The van der Waals surface area contributed by atoms with Crippen molar-refractivity contribution in [3.8, 4) is 5.75 Å². The SMILES string of the molecule is COc1cc(C)c(F)cc1CC(C)N. The monoisotopic (exact) mass is 197 g/mol. The fourth-order valence-electron chi connectivity index (χ4n) is 1.39. The molecule has 0 amide bonds. The second kappa shape index (κ2) is 4.42. The van der Waals surface area contributed by atoms with E-state index in [2.05, 4.69) is 0 Å². The predicted molar refractivity (Wildman–Crippen MR) is 55.0 cm³/mol. The Bertz CT molecular complexity index is 323. The van der Waals surface area contributed by atoms with Crippen LogP contribution >= 0.6 is 0 Å². The van der Waals surface area contributed by atoms with E-state index in [0.29, 0.717) is 17.7 Å². The van der Waals surface area contributed by atoms with Crippen molar-refractivity contribution in [3.63, 3.8) is 0 Å². The van der Waals surface area contributed by atoms with Crippen molar-refractivity contribution in [2.75, 3.05) is 7.11 Å². The third-order valence-corrected chi connectivity index (χ3v) is 2.10. The molecule has 0 saturated heterocycles. The van der Waals surface area contributed by atoms with Crippen molar-refractivity contribution >= 4 is 0 Å². The van der Waals surface area contributed by atoms with E-state index in [4.69, 9.17) is 10.5 Å². The summed E-state index contributed by atoms with van der Waals surface area (Å²) in [5.41, 5.74) is 7.08. The van der Waals surface area contributed by atoms with Gasteiger partial charge in [0.15, 0.2) is 0 Å². The highest BCUT2D eigenvalue weighted by Gasteiger charge is 2.09. The molecular weight excluding hydrogens is 181 g/mol. The van der Waals surface area contributed by atoms with Gasteiger partial charge in [-0.15, -0.1) is 0 Å². The Morgan fingerprint density at radius 2 is 2.14 bits per heavy atom. The van der Waals surface area contributed by atoms with Gasteiger partial charge >= 0.3 is 0 Å². The van der Waals surface area contributed by atoms with Gasteiger partial charge in [0.05, 0.1) is 7.11 Å². The Kier molecular flexibility index (Phi) is 3.47. The first-order valence-electron chi connectivity index (χ1n) is 4.63. The van der Waals surface area contributed by atoms with Crippen LogP contribution in [0.1, 0.15) is 18.1 Å². The van der Waals surface area contributed by atoms with Gasteiger partial charge in [-0.1, -0.05) is 0 Å². The number of rotatable bonds is 3. The van der Waals surface area contributed by atoms with Crippen LogP contribution in [0.4, 0.5) is 4.39 Å². The molecule has 2 nitrogen and oxygen atoms in total. The number of halogens is 1. The molecule has 14 heavy (non-hydrogen) atoms. The van der Waals surface area contributed by atoms with Crippen molar-refractivity contribution in [1.29, 1.82) is 0 Å². The summed E-state index contributed by atoms with van der Waals surface area (Å²) in [4.78, 5) is 0. The van der Waals surface area contributed by atoms with Gasteiger partial charge in [0.25, 0.3) is 0 Å². The van der Waals surface area contributed by atoms with Gasteiger partial charge in [0, 0.05) is 6.04 Å². The highest BCUT2D eigenvalue weighted by molar-refractivity contribution is 5.38. The van der Waals surface area contributed by atoms with Gasteiger partial charge in [-0.2, -0.15) is 0 Å². The lowest BCUT2D eigenvalue weighted by atomic mass is 10.0. The van der Waals surface area contributed by atoms with Gasteiger partial charge in [-0.3, -0.25) is 0 Å². The molecule has 0 heterocycles. The Hall–Kier alpha value is -1.09. The number of hydrogen-bond acceptors (Lipinski definition) is 2. The van der Waals surface area contributed by atoms with Crippen LogP contribution in [-0.4, -0.2) is 13.2 Å². The summed E-state index contributed by atoms with van der Waals surface area (Å²) in [6.07, 6.45) is 0.625. The number of nitrogens with two attached hydrogens (primary N) is 1. The molecule has 78 valence electrons. The zero-order chi connectivity index (χ0) is 10.7. The second-order valence-corrected chi connectivity index (χ2v) is 3.59. The topological polar surface area (TPSA) is 35.2 Å². The van der Waals surface area contributed by atoms with Gasteiger partial charge in [-0.25, -0.2) is 4.39 Å². The minimum atomic E-state index is -0.207. The van der Waals surface area contributed by atoms with E-state index in [1.165, 1.54) is 6.07 Å². The molecule has 1 atom stereocenters. The lowest BCUT2D eigenvalue weighted by Crippen LogP contribution is -2.18. The third-order valence-electron chi connectivity index (χ3n) is 2.10. The Morgan fingerprint density at radius 1 is 1.50 bits per heavy atom. The Balaban J connectivity index is 3.07. The molecule has 1 rings (SSSR count). The molecular formula is C11H16FNO. The van der Waals surface area contributed by atoms with E-state index < -0.39 is 0 Å². The number of hydrogen-bond donors (Lipinski definition) is 1. The summed E-state index contributed by atoms with van der Waals surface area (Å²) in [7, 11) is 1.58. The summed E-state index contributed by atoms with van der Waals surface area (Å²) in [6.45, 7) is 3.60. The molecule has 2 N–H and O–H groups in total. The van der Waals surface area contributed by atoms with Crippen LogP contribution in [0.3, 0.4) is 0 Å². The van der Waals surface area contributed by atoms with Gasteiger partial charge in [0.1, 0.15) is 11.6 Å². The molecule has 0 aromatic heterocycles. The van der Waals surface area contributed by atoms with Gasteiger partial charge in [0.2, 0.25) is 0 Å². The van der Waals surface area contributed by atoms with E-state index in [0.717, 1.165) is 5.56 Å². The maximum Gasteiger partial charge on any atom is 0.126 e. The predicted octanol–water partition coefficient (Wildman–Crippen LogP) is 2.03. The quantitative estimate of drug-likeness (QED) is 0.804. The highest BCUT2D eigenvalue weighted by Crippen LogP contribution is 2.23. The smallest absolute Gasteiger partial charge is 0.126 e. The first kappa shape index (κ1) is 11.0. The molecule has 0 spiro atoms. The fourth-order valence-corrected chi connectivity index (χ4v) is 1.39. The van der Waals surface area contributed by atoms with Crippen molar-refractivity contribution in [2.24, 2.45) is 5.73 Å². The fraction of sp³-hybridized carbons (Fsp3) is 0.455. The molecule has 1 aromatic rings. The van der Waals surface area contributed by atoms with Gasteiger partial charge < -0.3 is 10.5 Å². The summed E-state index contributed by atoms with van der Waals surface area (Å²) in [5, 5.41) is 0. The average Bonchev–Trinajstić information content (AvgIpc) is 2.10. The highest BCUT2D eigenvalue weighted by atomic mass is 19.1. The lowest BCUT2D eigenvalue weighted by Gasteiger charge is -2.12. The van der Waals surface area contributed by atoms with E-state index in [9.17, 15) is 4.39 Å². The standard InChI is InChI=1S/C11H16FNO/c1-7-4-11(14-3)9(5-8(2)13)6-10(7)12/h4,6,8H,5,13H2,1-3H3. The molecule has 0 radical (unpaired) electrons. The van der Waals surface area contributed by atoms with Crippen LogP contribution in [0.15, 0.2) is 12.1 Å². The number of methoxy groups -OCH3 is 1.